The Balaban J connectivity index is 1.48. The van der Waals surface area contributed by atoms with Gasteiger partial charge in [0.05, 0.1) is 5.75 Å². The maximum Gasteiger partial charge on any atom is 0.172 e. The van der Waals surface area contributed by atoms with E-state index < -0.39 is 0 Å². The number of anilines is 1. The number of aryl methyl sites for hydroxylation is 2. The van der Waals surface area contributed by atoms with E-state index in [0.717, 1.165) is 37.0 Å². The second-order valence-corrected chi connectivity index (χ2v) is 9.95. The van der Waals surface area contributed by atoms with Crippen LogP contribution in [0.25, 0.3) is 11.6 Å². The van der Waals surface area contributed by atoms with E-state index >= 15 is 0 Å². The first-order chi connectivity index (χ1) is 14.5. The summed E-state index contributed by atoms with van der Waals surface area (Å²) >= 11 is 1.40. The van der Waals surface area contributed by atoms with Crippen molar-refractivity contribution in [2.45, 2.75) is 39.7 Å². The van der Waals surface area contributed by atoms with Gasteiger partial charge in [0.1, 0.15) is 0 Å². The molecule has 2 aromatic rings. The number of benzene rings is 1. The van der Waals surface area contributed by atoms with Gasteiger partial charge in [0, 0.05) is 30.4 Å². The molecule has 0 bridgehead atoms. The van der Waals surface area contributed by atoms with Crippen LogP contribution in [0.1, 0.15) is 43.4 Å². The maximum absolute atomic E-state index is 7.35. The Morgan fingerprint density at radius 2 is 1.90 bits per heavy atom. The van der Waals surface area contributed by atoms with E-state index in [9.17, 15) is 0 Å². The molecule has 2 unspecified atom stereocenters. The van der Waals surface area contributed by atoms with Crippen molar-refractivity contribution in [2.24, 2.45) is 17.6 Å². The van der Waals surface area contributed by atoms with Crippen LogP contribution in [0.4, 0.5) is 5.69 Å². The van der Waals surface area contributed by atoms with E-state index in [-0.39, 0.29) is 5.17 Å². The number of pyridine rings is 1. The first-order valence-corrected chi connectivity index (χ1v) is 12.0. The quantitative estimate of drug-likeness (QED) is 0.422. The van der Waals surface area contributed by atoms with Gasteiger partial charge in [0.15, 0.2) is 24.1 Å². The summed E-state index contributed by atoms with van der Waals surface area (Å²) in [4.78, 5) is 2.52. The van der Waals surface area contributed by atoms with Crippen molar-refractivity contribution in [2.75, 3.05) is 23.7 Å². The lowest BCUT2D eigenvalue weighted by molar-refractivity contribution is -0.692. The number of rotatable bonds is 5. The fourth-order valence-electron chi connectivity index (χ4n) is 4.58. The summed E-state index contributed by atoms with van der Waals surface area (Å²) in [7, 11) is 0. The van der Waals surface area contributed by atoms with Crippen molar-refractivity contribution in [1.29, 1.82) is 5.41 Å². The molecule has 2 atom stereocenters. The van der Waals surface area contributed by atoms with Gasteiger partial charge in [-0.05, 0) is 59.9 Å². The van der Waals surface area contributed by atoms with Gasteiger partial charge < -0.3 is 10.6 Å². The number of fused-ring (bicyclic) bond motifs is 1. The molecule has 1 aliphatic carbocycles. The van der Waals surface area contributed by atoms with Crippen LogP contribution in [-0.4, -0.2) is 24.0 Å². The molecule has 1 fully saturated rings. The summed E-state index contributed by atoms with van der Waals surface area (Å²) in [5.74, 6) is 2.38. The topological polar surface area (TPSA) is 57.0 Å². The second kappa shape index (κ2) is 9.25. The lowest BCUT2D eigenvalue weighted by Gasteiger charge is -2.19. The highest BCUT2D eigenvalue weighted by Crippen LogP contribution is 2.32. The van der Waals surface area contributed by atoms with Crippen molar-refractivity contribution in [3.05, 3.63) is 59.4 Å². The van der Waals surface area contributed by atoms with Gasteiger partial charge in [-0.1, -0.05) is 43.8 Å². The fourth-order valence-corrected chi connectivity index (χ4v) is 5.10. The molecular formula is C25H33N4S+. The number of aromatic nitrogens is 1. The monoisotopic (exact) mass is 421 g/mol. The van der Waals surface area contributed by atoms with Crippen molar-refractivity contribution in [3.8, 4) is 0 Å². The summed E-state index contributed by atoms with van der Waals surface area (Å²) < 4.78 is 2.23. The molecule has 0 amide bonds. The second-order valence-electron chi connectivity index (χ2n) is 8.81. The van der Waals surface area contributed by atoms with E-state index in [1.165, 1.54) is 59.2 Å². The van der Waals surface area contributed by atoms with Gasteiger partial charge in [-0.3, -0.25) is 5.41 Å². The summed E-state index contributed by atoms with van der Waals surface area (Å²) in [6, 6.07) is 11.4. The summed E-state index contributed by atoms with van der Waals surface area (Å²) in [6.07, 6.45) is 10.3. The zero-order valence-electron chi connectivity index (χ0n) is 18.1. The Kier molecular flexibility index (Phi) is 6.47. The number of amidine groups is 1. The van der Waals surface area contributed by atoms with Gasteiger partial charge in [-0.2, -0.15) is 0 Å². The minimum Gasteiger partial charge on any atom is -0.379 e. The number of nitrogens with two attached hydrogens (primary N) is 1. The number of allylic oxidation sites excluding steroid dienone is 1. The van der Waals surface area contributed by atoms with E-state index in [4.69, 9.17) is 11.1 Å². The minimum absolute atomic E-state index is 0.193. The van der Waals surface area contributed by atoms with Crippen LogP contribution in [0.3, 0.4) is 0 Å². The van der Waals surface area contributed by atoms with Crippen molar-refractivity contribution < 1.29 is 4.57 Å². The molecule has 0 saturated carbocycles. The van der Waals surface area contributed by atoms with Crippen LogP contribution in [-0.2, 0) is 13.0 Å². The molecule has 0 spiro atoms. The number of nitrogens with one attached hydrogen (secondary N) is 1. The molecule has 3 N–H and O–H groups in total. The normalized spacial score (nSPS) is 22.3. The summed E-state index contributed by atoms with van der Waals surface area (Å²) in [5.41, 5.74) is 12.3. The lowest BCUT2D eigenvalue weighted by atomic mass is 9.87. The van der Waals surface area contributed by atoms with Crippen LogP contribution in [0.2, 0.25) is 0 Å². The zero-order valence-corrected chi connectivity index (χ0v) is 18.9. The highest BCUT2D eigenvalue weighted by molar-refractivity contribution is 8.13. The maximum atomic E-state index is 7.35. The SMILES string of the molecule is CC1CN(c2ccc(/C=C3\CCCc4c[n+](CCSC(=N)N)ccc43)cc2)CC1C. The third-order valence-electron chi connectivity index (χ3n) is 6.53. The molecule has 0 radical (unpaired) electrons. The van der Waals surface area contributed by atoms with Crippen LogP contribution in [0, 0.1) is 17.2 Å². The molecule has 158 valence electrons. The Hall–Kier alpha value is -2.27. The number of hydrogen-bond acceptors (Lipinski definition) is 3. The first-order valence-electron chi connectivity index (χ1n) is 11.0. The summed E-state index contributed by atoms with van der Waals surface area (Å²) in [5, 5.41) is 7.54. The smallest absolute Gasteiger partial charge is 0.172 e. The Labute approximate surface area is 184 Å². The van der Waals surface area contributed by atoms with Crippen LogP contribution in [0.15, 0.2) is 42.7 Å². The van der Waals surface area contributed by atoms with Gasteiger partial charge in [-0.15, -0.1) is 0 Å². The molecule has 2 aliphatic rings. The zero-order chi connectivity index (χ0) is 21.1. The van der Waals surface area contributed by atoms with Gasteiger partial charge in [-0.25, -0.2) is 4.57 Å². The van der Waals surface area contributed by atoms with Crippen molar-refractivity contribution in [1.82, 2.24) is 0 Å². The average Bonchev–Trinajstić information content (AvgIpc) is 3.07. The first kappa shape index (κ1) is 21.0. The van der Waals surface area contributed by atoms with E-state index in [0.29, 0.717) is 0 Å². The number of nitrogens with zero attached hydrogens (tertiary/aromatic N) is 2. The van der Waals surface area contributed by atoms with Crippen LogP contribution >= 0.6 is 11.8 Å². The van der Waals surface area contributed by atoms with E-state index in [1.54, 1.807) is 0 Å². The largest absolute Gasteiger partial charge is 0.379 e. The average molecular weight is 422 g/mol. The van der Waals surface area contributed by atoms with Gasteiger partial charge in [0.2, 0.25) is 0 Å². The Morgan fingerprint density at radius 1 is 1.17 bits per heavy atom. The molecule has 1 aliphatic heterocycles. The molecule has 4 rings (SSSR count). The number of hydrogen-bond donors (Lipinski definition) is 2. The summed E-state index contributed by atoms with van der Waals surface area (Å²) in [6.45, 7) is 7.93. The standard InChI is InChI=1S/C25H33N4S/c1-18-15-29(16-19(18)2)23-8-6-20(7-9-23)14-21-4-3-5-22-17-28(11-10-24(21)22)12-13-30-25(26)27/h6-11,14,17-19H,3-5,12-13,15-16H2,1-2H3,(H3,26,27)/q+1. The van der Waals surface area contributed by atoms with Crippen LogP contribution in [0.5, 0.6) is 0 Å². The molecule has 4 nitrogen and oxygen atoms in total. The Morgan fingerprint density at radius 3 is 2.60 bits per heavy atom. The van der Waals surface area contributed by atoms with Crippen molar-refractivity contribution >= 4 is 34.3 Å². The third kappa shape index (κ3) is 4.89. The van der Waals surface area contributed by atoms with Crippen LogP contribution < -0.4 is 15.2 Å². The molecule has 2 heterocycles. The Bertz CT molecular complexity index is 925. The predicted octanol–water partition coefficient (Wildman–Crippen LogP) is 4.57. The molecule has 5 heteroatoms. The fraction of sp³-hybridized carbons (Fsp3) is 0.440. The highest BCUT2D eigenvalue weighted by atomic mass is 32.2. The van der Waals surface area contributed by atoms with Gasteiger partial charge in [0.25, 0.3) is 0 Å². The molecule has 1 aromatic heterocycles. The van der Waals surface area contributed by atoms with E-state index in [2.05, 4.69) is 72.1 Å². The van der Waals surface area contributed by atoms with Gasteiger partial charge >= 0.3 is 0 Å². The van der Waals surface area contributed by atoms with E-state index in [1.807, 2.05) is 0 Å². The molecule has 1 saturated heterocycles. The predicted molar refractivity (Wildman–Crippen MR) is 129 cm³/mol. The molecular weight excluding hydrogens is 388 g/mol. The third-order valence-corrected chi connectivity index (χ3v) is 7.23. The molecule has 1 aromatic carbocycles. The number of thioether (sulfide) groups is 1. The highest BCUT2D eigenvalue weighted by Gasteiger charge is 2.26. The minimum atomic E-state index is 0.193. The molecule has 30 heavy (non-hydrogen) atoms. The van der Waals surface area contributed by atoms with Crippen molar-refractivity contribution in [3.63, 3.8) is 0 Å². The lowest BCUT2D eigenvalue weighted by Crippen LogP contribution is -2.35.